The average molecular weight is 171 g/mol. The monoisotopic (exact) mass is 171 g/mol. The van der Waals surface area contributed by atoms with Crippen LogP contribution in [0.15, 0.2) is 5.18 Å². The van der Waals surface area contributed by atoms with Gasteiger partial charge in [0.2, 0.25) is 0 Å². The van der Waals surface area contributed by atoms with Crippen molar-refractivity contribution in [2.75, 3.05) is 0 Å². The van der Waals surface area contributed by atoms with Gasteiger partial charge in [-0.2, -0.15) is 4.91 Å². The summed E-state index contributed by atoms with van der Waals surface area (Å²) in [5.41, 5.74) is 0. The van der Waals surface area contributed by atoms with Crippen LogP contribution in [0, 0.1) is 4.91 Å². The van der Waals surface area contributed by atoms with Gasteiger partial charge in [0.25, 0.3) is 0 Å². The molecule has 0 N–H and O–H groups in total. The van der Waals surface area contributed by atoms with Gasteiger partial charge >= 0.3 is 0 Å². The summed E-state index contributed by atoms with van der Waals surface area (Å²) < 4.78 is 0. The third-order valence-electron chi connectivity index (χ3n) is 2.18. The first-order valence-corrected chi connectivity index (χ1v) is 5.17. The van der Waals surface area contributed by atoms with Crippen LogP contribution in [0.25, 0.3) is 0 Å². The summed E-state index contributed by atoms with van der Waals surface area (Å²) in [6.45, 7) is 4.32. The molecule has 0 rings (SSSR count). The van der Waals surface area contributed by atoms with Gasteiger partial charge in [-0.05, 0) is 12.8 Å². The Kier molecular flexibility index (Phi) is 8.40. The van der Waals surface area contributed by atoms with Crippen LogP contribution in [0.3, 0.4) is 0 Å². The summed E-state index contributed by atoms with van der Waals surface area (Å²) in [6, 6.07) is 0.0940. The van der Waals surface area contributed by atoms with Crippen molar-refractivity contribution < 1.29 is 0 Å². The van der Waals surface area contributed by atoms with Crippen molar-refractivity contribution in [2.45, 2.75) is 64.8 Å². The van der Waals surface area contributed by atoms with Crippen molar-refractivity contribution >= 4 is 0 Å². The van der Waals surface area contributed by atoms with Crippen LogP contribution in [-0.2, 0) is 0 Å². The molecule has 0 amide bonds. The van der Waals surface area contributed by atoms with Gasteiger partial charge in [0.15, 0.2) is 0 Å². The van der Waals surface area contributed by atoms with Crippen LogP contribution in [0.1, 0.15) is 58.8 Å². The van der Waals surface area contributed by atoms with Crippen LogP contribution in [-0.4, -0.2) is 6.04 Å². The molecule has 0 spiro atoms. The van der Waals surface area contributed by atoms with E-state index in [0.717, 1.165) is 25.7 Å². The van der Waals surface area contributed by atoms with E-state index in [-0.39, 0.29) is 6.04 Å². The van der Waals surface area contributed by atoms with E-state index in [9.17, 15) is 4.91 Å². The number of hydrogen-bond donors (Lipinski definition) is 0. The Morgan fingerprint density at radius 3 is 2.08 bits per heavy atom. The van der Waals surface area contributed by atoms with Gasteiger partial charge in [-0.15, -0.1) is 0 Å². The molecule has 0 bridgehead atoms. The number of unbranched alkanes of at least 4 members (excludes halogenated alkanes) is 3. The van der Waals surface area contributed by atoms with Crippen LogP contribution < -0.4 is 0 Å². The Hall–Kier alpha value is -0.400. The molecule has 0 saturated heterocycles. The Morgan fingerprint density at radius 1 is 1.00 bits per heavy atom. The highest BCUT2D eigenvalue weighted by Crippen LogP contribution is 2.12. The Morgan fingerprint density at radius 2 is 1.58 bits per heavy atom. The zero-order valence-corrected chi connectivity index (χ0v) is 8.38. The molecule has 1 atom stereocenters. The summed E-state index contributed by atoms with van der Waals surface area (Å²) in [5, 5.41) is 3.15. The van der Waals surface area contributed by atoms with Crippen LogP contribution in [0.2, 0.25) is 0 Å². The number of hydrogen-bond acceptors (Lipinski definition) is 2. The molecule has 1 unspecified atom stereocenters. The van der Waals surface area contributed by atoms with E-state index >= 15 is 0 Å². The fourth-order valence-corrected chi connectivity index (χ4v) is 1.32. The molecular weight excluding hydrogens is 150 g/mol. The Labute approximate surface area is 75.7 Å². The minimum absolute atomic E-state index is 0.0940. The first kappa shape index (κ1) is 11.6. The lowest BCUT2D eigenvalue weighted by Crippen LogP contribution is -2.02. The molecule has 0 aliphatic rings. The maximum Gasteiger partial charge on any atom is 0.0919 e. The lowest BCUT2D eigenvalue weighted by Gasteiger charge is -2.06. The first-order valence-electron chi connectivity index (χ1n) is 5.17. The standard InChI is InChI=1S/C10H21NO/c1-3-5-7-9-10(11-12)8-6-4-2/h10H,3-9H2,1-2H3. The SMILES string of the molecule is CCCCCC(CCCC)N=O. The second-order valence-electron chi connectivity index (χ2n) is 3.40. The maximum absolute atomic E-state index is 10.4. The van der Waals surface area contributed by atoms with Crippen molar-refractivity contribution in [3.63, 3.8) is 0 Å². The topological polar surface area (TPSA) is 29.4 Å². The second-order valence-corrected chi connectivity index (χ2v) is 3.40. The van der Waals surface area contributed by atoms with Gasteiger partial charge < -0.3 is 0 Å². The smallest absolute Gasteiger partial charge is 0.0919 e. The Balaban J connectivity index is 3.32. The van der Waals surface area contributed by atoms with Crippen molar-refractivity contribution in [1.29, 1.82) is 0 Å². The highest BCUT2D eigenvalue weighted by molar-refractivity contribution is 4.64. The molecule has 0 aliphatic carbocycles. The van der Waals surface area contributed by atoms with Gasteiger partial charge in [0.1, 0.15) is 0 Å². The van der Waals surface area contributed by atoms with Gasteiger partial charge in [-0.25, -0.2) is 0 Å². The second kappa shape index (κ2) is 8.69. The van der Waals surface area contributed by atoms with E-state index in [0.29, 0.717) is 0 Å². The fraction of sp³-hybridized carbons (Fsp3) is 1.00. The van der Waals surface area contributed by atoms with Crippen LogP contribution in [0.5, 0.6) is 0 Å². The molecule has 72 valence electrons. The summed E-state index contributed by atoms with van der Waals surface area (Å²) in [5.74, 6) is 0. The number of nitrogens with zero attached hydrogens (tertiary/aromatic N) is 1. The average Bonchev–Trinajstić information content (AvgIpc) is 2.11. The normalized spacial score (nSPS) is 12.8. The molecule has 0 aromatic rings. The highest BCUT2D eigenvalue weighted by Gasteiger charge is 2.06. The van der Waals surface area contributed by atoms with E-state index < -0.39 is 0 Å². The number of nitroso groups, excluding NO2 is 1. The van der Waals surface area contributed by atoms with Gasteiger partial charge in [-0.1, -0.05) is 51.1 Å². The van der Waals surface area contributed by atoms with E-state index in [1.165, 1.54) is 19.3 Å². The molecule has 0 aliphatic heterocycles. The van der Waals surface area contributed by atoms with Crippen molar-refractivity contribution in [3.8, 4) is 0 Å². The molecule has 0 aromatic heterocycles. The third kappa shape index (κ3) is 6.32. The van der Waals surface area contributed by atoms with E-state index in [1.807, 2.05) is 0 Å². The predicted octanol–water partition coefficient (Wildman–Crippen LogP) is 3.89. The summed E-state index contributed by atoms with van der Waals surface area (Å²) in [4.78, 5) is 10.4. The largest absolute Gasteiger partial charge is 0.151 e. The molecule has 2 nitrogen and oxygen atoms in total. The predicted molar refractivity (Wildman–Crippen MR) is 53.3 cm³/mol. The van der Waals surface area contributed by atoms with Gasteiger partial charge in [0, 0.05) is 0 Å². The highest BCUT2D eigenvalue weighted by atomic mass is 16.3. The molecule has 0 fully saturated rings. The first-order chi connectivity index (χ1) is 5.85. The molecule has 0 radical (unpaired) electrons. The fourth-order valence-electron chi connectivity index (χ4n) is 1.32. The zero-order chi connectivity index (χ0) is 9.23. The molecule has 2 heteroatoms. The molecular formula is C10H21NO. The van der Waals surface area contributed by atoms with E-state index in [4.69, 9.17) is 0 Å². The van der Waals surface area contributed by atoms with Crippen LogP contribution in [0.4, 0.5) is 0 Å². The summed E-state index contributed by atoms with van der Waals surface area (Å²) in [7, 11) is 0. The summed E-state index contributed by atoms with van der Waals surface area (Å²) in [6.07, 6.45) is 7.91. The molecule has 12 heavy (non-hydrogen) atoms. The van der Waals surface area contributed by atoms with E-state index in [1.54, 1.807) is 0 Å². The lowest BCUT2D eigenvalue weighted by molar-refractivity contribution is 0.510. The third-order valence-corrected chi connectivity index (χ3v) is 2.18. The molecule has 0 saturated carbocycles. The maximum atomic E-state index is 10.4. The van der Waals surface area contributed by atoms with E-state index in [2.05, 4.69) is 19.0 Å². The van der Waals surface area contributed by atoms with Crippen molar-refractivity contribution in [3.05, 3.63) is 4.91 Å². The molecule has 0 heterocycles. The minimum Gasteiger partial charge on any atom is -0.151 e. The van der Waals surface area contributed by atoms with Crippen molar-refractivity contribution in [1.82, 2.24) is 0 Å². The number of rotatable bonds is 8. The van der Waals surface area contributed by atoms with Gasteiger partial charge in [-0.3, -0.25) is 0 Å². The quantitative estimate of drug-likeness (QED) is 0.402. The molecule has 0 aromatic carbocycles. The Bertz CT molecular complexity index is 104. The minimum atomic E-state index is 0.0940. The lowest BCUT2D eigenvalue weighted by atomic mass is 10.0. The van der Waals surface area contributed by atoms with Crippen LogP contribution >= 0.6 is 0 Å². The zero-order valence-electron chi connectivity index (χ0n) is 8.38. The van der Waals surface area contributed by atoms with Gasteiger partial charge in [0.05, 0.1) is 6.04 Å². The van der Waals surface area contributed by atoms with Crippen molar-refractivity contribution in [2.24, 2.45) is 5.18 Å². The summed E-state index contributed by atoms with van der Waals surface area (Å²) >= 11 is 0.